The molecule has 0 unspecified atom stereocenters. The summed E-state index contributed by atoms with van der Waals surface area (Å²) in [5, 5.41) is 4.42. The van der Waals surface area contributed by atoms with Crippen LogP contribution in [0.4, 0.5) is 0 Å². The molecule has 1 fully saturated rings. The Morgan fingerprint density at radius 1 is 1.53 bits per heavy atom. The van der Waals surface area contributed by atoms with Gasteiger partial charge in [-0.2, -0.15) is 4.72 Å². The van der Waals surface area contributed by atoms with Crippen molar-refractivity contribution in [1.82, 2.24) is 10.0 Å². The SMILES string of the molecule is Cc1csc(S(=O)(=O)N[C@@H]2CCCNC2=O)c1. The number of sulfonamides is 1. The van der Waals surface area contributed by atoms with E-state index in [-0.39, 0.29) is 10.1 Å². The van der Waals surface area contributed by atoms with Crippen LogP contribution in [0, 0.1) is 6.92 Å². The first-order valence-corrected chi connectivity index (χ1v) is 7.70. The van der Waals surface area contributed by atoms with Crippen molar-refractivity contribution in [1.29, 1.82) is 0 Å². The molecule has 1 atom stereocenters. The second kappa shape index (κ2) is 4.75. The van der Waals surface area contributed by atoms with Crippen molar-refractivity contribution in [2.24, 2.45) is 0 Å². The lowest BCUT2D eigenvalue weighted by molar-refractivity contribution is -0.124. The molecule has 5 nitrogen and oxygen atoms in total. The van der Waals surface area contributed by atoms with Crippen molar-refractivity contribution >= 4 is 27.3 Å². The number of piperidine rings is 1. The Hall–Kier alpha value is -0.920. The van der Waals surface area contributed by atoms with Gasteiger partial charge in [0.15, 0.2) is 0 Å². The first kappa shape index (κ1) is 12.5. The van der Waals surface area contributed by atoms with Crippen LogP contribution >= 0.6 is 11.3 Å². The van der Waals surface area contributed by atoms with E-state index in [0.717, 1.165) is 23.3 Å². The largest absolute Gasteiger partial charge is 0.355 e. The zero-order valence-electron chi connectivity index (χ0n) is 9.39. The zero-order valence-corrected chi connectivity index (χ0v) is 11.0. The highest BCUT2D eigenvalue weighted by atomic mass is 32.2. The van der Waals surface area contributed by atoms with Crippen molar-refractivity contribution in [2.45, 2.75) is 30.0 Å². The molecule has 1 amide bonds. The summed E-state index contributed by atoms with van der Waals surface area (Å²) < 4.78 is 26.7. The van der Waals surface area contributed by atoms with Crippen LogP contribution in [0.25, 0.3) is 0 Å². The van der Waals surface area contributed by atoms with E-state index < -0.39 is 16.1 Å². The quantitative estimate of drug-likeness (QED) is 0.848. The molecule has 1 aliphatic heterocycles. The third-order valence-electron chi connectivity index (χ3n) is 2.55. The molecule has 7 heteroatoms. The molecule has 2 N–H and O–H groups in total. The van der Waals surface area contributed by atoms with Crippen LogP contribution < -0.4 is 10.0 Å². The minimum Gasteiger partial charge on any atom is -0.355 e. The van der Waals surface area contributed by atoms with Gasteiger partial charge in [0.1, 0.15) is 10.3 Å². The van der Waals surface area contributed by atoms with Gasteiger partial charge in [0.2, 0.25) is 5.91 Å². The fourth-order valence-corrected chi connectivity index (χ4v) is 4.15. The molecular weight excluding hydrogens is 260 g/mol. The zero-order chi connectivity index (χ0) is 12.5. The Balaban J connectivity index is 2.14. The lowest BCUT2D eigenvalue weighted by Gasteiger charge is -2.22. The van der Waals surface area contributed by atoms with Gasteiger partial charge in [0.05, 0.1) is 0 Å². The Morgan fingerprint density at radius 2 is 2.29 bits per heavy atom. The Morgan fingerprint density at radius 3 is 2.88 bits per heavy atom. The van der Waals surface area contributed by atoms with Gasteiger partial charge < -0.3 is 5.32 Å². The number of hydrogen-bond donors (Lipinski definition) is 2. The Kier molecular flexibility index (Phi) is 3.50. The highest BCUT2D eigenvalue weighted by Gasteiger charge is 2.28. The summed E-state index contributed by atoms with van der Waals surface area (Å²) >= 11 is 1.16. The van der Waals surface area contributed by atoms with E-state index in [1.165, 1.54) is 0 Å². The van der Waals surface area contributed by atoms with Crippen molar-refractivity contribution in [2.75, 3.05) is 6.54 Å². The Bertz CT molecular complexity index is 521. The molecule has 1 saturated heterocycles. The predicted octanol–water partition coefficient (Wildman–Crippen LogP) is 0.613. The van der Waals surface area contributed by atoms with Gasteiger partial charge >= 0.3 is 0 Å². The molecule has 0 bridgehead atoms. The van der Waals surface area contributed by atoms with Gasteiger partial charge in [-0.15, -0.1) is 11.3 Å². The standard InChI is InChI=1S/C10H14N2O3S2/c1-7-5-9(16-6-7)17(14,15)12-8-3-2-4-11-10(8)13/h5-6,8,12H,2-4H2,1H3,(H,11,13)/t8-/m1/s1. The van der Waals surface area contributed by atoms with Crippen LogP contribution in [-0.4, -0.2) is 26.9 Å². The molecule has 0 aliphatic carbocycles. The summed E-state index contributed by atoms with van der Waals surface area (Å²) in [6.07, 6.45) is 1.35. The summed E-state index contributed by atoms with van der Waals surface area (Å²) in [5.41, 5.74) is 0.906. The number of aryl methyl sites for hydroxylation is 1. The summed E-state index contributed by atoms with van der Waals surface area (Å²) in [4.78, 5) is 11.5. The van der Waals surface area contributed by atoms with Crippen molar-refractivity contribution in [3.8, 4) is 0 Å². The van der Waals surface area contributed by atoms with Crippen molar-refractivity contribution in [3.05, 3.63) is 17.0 Å². The molecule has 2 heterocycles. The molecule has 1 aromatic rings. The maximum atomic E-state index is 12.0. The lowest BCUT2D eigenvalue weighted by Crippen LogP contribution is -2.49. The van der Waals surface area contributed by atoms with E-state index in [0.29, 0.717) is 13.0 Å². The van der Waals surface area contributed by atoms with E-state index in [1.807, 2.05) is 6.92 Å². The third-order valence-corrected chi connectivity index (χ3v) is 5.58. The summed E-state index contributed by atoms with van der Waals surface area (Å²) in [6, 6.07) is 0.962. The highest BCUT2D eigenvalue weighted by molar-refractivity contribution is 7.91. The number of thiophene rings is 1. The molecule has 0 radical (unpaired) electrons. The number of carbonyl (C=O) groups is 1. The first-order valence-electron chi connectivity index (χ1n) is 5.34. The van der Waals surface area contributed by atoms with Gasteiger partial charge in [-0.05, 0) is 36.8 Å². The van der Waals surface area contributed by atoms with E-state index in [9.17, 15) is 13.2 Å². The van der Waals surface area contributed by atoms with Crippen molar-refractivity contribution < 1.29 is 13.2 Å². The molecule has 17 heavy (non-hydrogen) atoms. The van der Waals surface area contributed by atoms with Crippen LogP contribution in [0.1, 0.15) is 18.4 Å². The van der Waals surface area contributed by atoms with Crippen LogP contribution in [0.15, 0.2) is 15.7 Å². The fraction of sp³-hybridized carbons (Fsp3) is 0.500. The molecule has 94 valence electrons. The van der Waals surface area contributed by atoms with Crippen LogP contribution in [0.3, 0.4) is 0 Å². The molecule has 0 saturated carbocycles. The van der Waals surface area contributed by atoms with Gasteiger partial charge in [-0.1, -0.05) is 0 Å². The maximum Gasteiger partial charge on any atom is 0.250 e. The fourth-order valence-electron chi connectivity index (χ4n) is 1.68. The molecule has 1 aliphatic rings. The summed E-state index contributed by atoms with van der Waals surface area (Å²) in [5.74, 6) is -0.242. The minimum absolute atomic E-state index is 0.242. The van der Waals surface area contributed by atoms with Gasteiger partial charge in [0, 0.05) is 6.54 Å². The number of carbonyl (C=O) groups excluding carboxylic acids is 1. The topological polar surface area (TPSA) is 75.3 Å². The monoisotopic (exact) mass is 274 g/mol. The molecule has 0 aromatic carbocycles. The average molecular weight is 274 g/mol. The number of nitrogens with one attached hydrogen (secondary N) is 2. The van der Waals surface area contributed by atoms with Crippen LogP contribution in [-0.2, 0) is 14.8 Å². The van der Waals surface area contributed by atoms with Gasteiger partial charge in [-0.25, -0.2) is 8.42 Å². The molecule has 2 rings (SSSR count). The molecule has 0 spiro atoms. The smallest absolute Gasteiger partial charge is 0.250 e. The minimum atomic E-state index is -3.56. The van der Waals surface area contributed by atoms with Gasteiger partial charge in [-0.3, -0.25) is 4.79 Å². The molecule has 1 aromatic heterocycles. The van der Waals surface area contributed by atoms with Crippen LogP contribution in [0.5, 0.6) is 0 Å². The normalized spacial score (nSPS) is 21.2. The number of hydrogen-bond acceptors (Lipinski definition) is 4. The molecular formula is C10H14N2O3S2. The number of rotatable bonds is 3. The Labute approximate surface area is 104 Å². The maximum absolute atomic E-state index is 12.0. The van der Waals surface area contributed by atoms with E-state index in [1.54, 1.807) is 11.4 Å². The second-order valence-corrected chi connectivity index (χ2v) is 6.90. The van der Waals surface area contributed by atoms with E-state index in [4.69, 9.17) is 0 Å². The third kappa shape index (κ3) is 2.85. The second-order valence-electron chi connectivity index (χ2n) is 4.05. The van der Waals surface area contributed by atoms with Crippen molar-refractivity contribution in [3.63, 3.8) is 0 Å². The van der Waals surface area contributed by atoms with Gasteiger partial charge in [0.25, 0.3) is 10.0 Å². The summed E-state index contributed by atoms with van der Waals surface area (Å²) in [6.45, 7) is 2.46. The first-order chi connectivity index (χ1) is 7.99. The average Bonchev–Trinajstić information content (AvgIpc) is 2.69. The van der Waals surface area contributed by atoms with E-state index >= 15 is 0 Å². The predicted molar refractivity (Wildman–Crippen MR) is 65.4 cm³/mol. The van der Waals surface area contributed by atoms with E-state index in [2.05, 4.69) is 10.0 Å². The lowest BCUT2D eigenvalue weighted by atomic mass is 10.1. The summed E-state index contributed by atoms with van der Waals surface area (Å²) in [7, 11) is -3.56. The number of amides is 1. The highest BCUT2D eigenvalue weighted by Crippen LogP contribution is 2.20. The van der Waals surface area contributed by atoms with Crippen LogP contribution in [0.2, 0.25) is 0 Å².